The molecule has 0 aliphatic carbocycles. The Hall–Kier alpha value is -0.980. The highest BCUT2D eigenvalue weighted by Crippen LogP contribution is 2.30. The van der Waals surface area contributed by atoms with Crippen LogP contribution in [-0.4, -0.2) is 22.0 Å². The summed E-state index contributed by atoms with van der Waals surface area (Å²) in [5, 5.41) is 1.82. The highest BCUT2D eigenvalue weighted by atomic mass is 32.2. The molecule has 17 heavy (non-hydrogen) atoms. The molecule has 6 heteroatoms. The largest absolute Gasteiger partial charge is 0.612 e. The van der Waals surface area contributed by atoms with Gasteiger partial charge in [-0.1, -0.05) is 0 Å². The van der Waals surface area contributed by atoms with Crippen molar-refractivity contribution in [3.8, 4) is 5.75 Å². The van der Waals surface area contributed by atoms with Gasteiger partial charge in [0, 0.05) is 12.4 Å². The van der Waals surface area contributed by atoms with Gasteiger partial charge >= 0.3 is 0 Å². The number of fused-ring (bicyclic) bond motifs is 1. The van der Waals surface area contributed by atoms with E-state index in [2.05, 4.69) is 0 Å². The average molecular weight is 271 g/mol. The van der Waals surface area contributed by atoms with Crippen molar-refractivity contribution in [2.45, 2.75) is 11.8 Å². The van der Waals surface area contributed by atoms with Gasteiger partial charge in [-0.2, -0.15) is 0 Å². The molecule has 0 N–H and O–H groups in total. The van der Waals surface area contributed by atoms with E-state index in [0.717, 1.165) is 5.52 Å². The maximum Gasteiger partial charge on any atom is 0.254 e. The number of pyridine rings is 1. The van der Waals surface area contributed by atoms with Gasteiger partial charge in [-0.05, 0) is 18.1 Å². The van der Waals surface area contributed by atoms with Crippen molar-refractivity contribution in [3.05, 3.63) is 21.8 Å². The molecule has 0 spiro atoms. The van der Waals surface area contributed by atoms with E-state index >= 15 is 0 Å². The van der Waals surface area contributed by atoms with E-state index in [0.29, 0.717) is 22.0 Å². The summed E-state index contributed by atoms with van der Waals surface area (Å²) in [6, 6.07) is 0. The molecule has 1 atom stereocenters. The van der Waals surface area contributed by atoms with E-state index in [9.17, 15) is 9.35 Å². The Balaban J connectivity index is 2.76. The number of rotatable bonds is 3. The Labute approximate surface area is 106 Å². The zero-order valence-corrected chi connectivity index (χ0v) is 11.5. The lowest BCUT2D eigenvalue weighted by molar-refractivity contribution is 0.344. The molecule has 4 nitrogen and oxygen atoms in total. The Morgan fingerprint density at radius 2 is 2.29 bits per heavy atom. The predicted octanol–water partition coefficient (Wildman–Crippen LogP) is 1.74. The van der Waals surface area contributed by atoms with E-state index in [1.165, 1.54) is 17.6 Å². The first-order chi connectivity index (χ1) is 8.06. The number of aromatic nitrogens is 1. The molecule has 92 valence electrons. The lowest BCUT2D eigenvalue weighted by Crippen LogP contribution is -2.16. The molecule has 2 heterocycles. The second-order valence-electron chi connectivity index (χ2n) is 3.60. The quantitative estimate of drug-likeness (QED) is 0.799. The third-order valence-electron chi connectivity index (χ3n) is 2.44. The predicted molar refractivity (Wildman–Crippen MR) is 70.6 cm³/mol. The summed E-state index contributed by atoms with van der Waals surface area (Å²) >= 11 is 0.0647. The van der Waals surface area contributed by atoms with E-state index in [1.807, 2.05) is 19.4 Å². The number of hydrogen-bond acceptors (Lipinski definition) is 4. The van der Waals surface area contributed by atoms with Crippen LogP contribution < -0.4 is 10.2 Å². The maximum absolute atomic E-state index is 12.1. The van der Waals surface area contributed by atoms with Crippen molar-refractivity contribution in [2.75, 3.05) is 12.9 Å². The molecule has 2 rings (SSSR count). The van der Waals surface area contributed by atoms with Gasteiger partial charge in [0.25, 0.3) is 5.43 Å². The molecule has 0 radical (unpaired) electrons. The molecule has 0 fully saturated rings. The summed E-state index contributed by atoms with van der Waals surface area (Å²) < 4.78 is 19.3. The van der Waals surface area contributed by atoms with Gasteiger partial charge in [0.1, 0.15) is 16.5 Å². The fourth-order valence-corrected chi connectivity index (χ4v) is 3.42. The van der Waals surface area contributed by atoms with E-state index in [1.54, 1.807) is 10.8 Å². The van der Waals surface area contributed by atoms with Gasteiger partial charge in [-0.15, -0.1) is 11.3 Å². The van der Waals surface area contributed by atoms with Gasteiger partial charge in [-0.25, -0.2) is 0 Å². The average Bonchev–Trinajstić information content (AvgIpc) is 2.68. The lowest BCUT2D eigenvalue weighted by atomic mass is 10.3. The smallest absolute Gasteiger partial charge is 0.254 e. The number of hydrogen-bond donors (Lipinski definition) is 0. The molecule has 0 amide bonds. The first kappa shape index (κ1) is 12.5. The zero-order chi connectivity index (χ0) is 12.6. The Morgan fingerprint density at radius 1 is 1.59 bits per heavy atom. The Bertz CT molecular complexity index is 601. The number of aryl methyl sites for hydroxylation is 1. The molecular weight excluding hydrogens is 258 g/mol. The number of ether oxygens (including phenoxy) is 1. The SMILES string of the molecule is CCOc1csc2c(=O)c([S+](C)[O-])cn(C)c12. The molecule has 0 aliphatic heterocycles. The molecule has 2 aromatic rings. The molecule has 0 aliphatic rings. The van der Waals surface area contributed by atoms with Crippen molar-refractivity contribution in [1.82, 2.24) is 4.57 Å². The van der Waals surface area contributed by atoms with Gasteiger partial charge in [0.15, 0.2) is 5.75 Å². The molecule has 0 aromatic carbocycles. The van der Waals surface area contributed by atoms with Crippen LogP contribution in [0.4, 0.5) is 0 Å². The summed E-state index contributed by atoms with van der Waals surface area (Å²) in [5.41, 5.74) is 0.617. The number of nitrogens with zero attached hydrogens (tertiary/aromatic N) is 1. The minimum Gasteiger partial charge on any atom is -0.612 e. The van der Waals surface area contributed by atoms with Crippen molar-refractivity contribution < 1.29 is 9.29 Å². The zero-order valence-electron chi connectivity index (χ0n) is 9.85. The topological polar surface area (TPSA) is 54.3 Å². The van der Waals surface area contributed by atoms with Gasteiger partial charge < -0.3 is 13.9 Å². The second kappa shape index (κ2) is 4.72. The van der Waals surface area contributed by atoms with Crippen LogP contribution in [0, 0.1) is 0 Å². The molecule has 0 bridgehead atoms. The normalized spacial score (nSPS) is 12.9. The van der Waals surface area contributed by atoms with Crippen molar-refractivity contribution >= 4 is 32.7 Å². The lowest BCUT2D eigenvalue weighted by Gasteiger charge is -2.08. The van der Waals surface area contributed by atoms with Gasteiger partial charge in [-0.3, -0.25) is 4.79 Å². The third kappa shape index (κ3) is 2.08. The Morgan fingerprint density at radius 3 is 2.88 bits per heavy atom. The van der Waals surface area contributed by atoms with Crippen LogP contribution in [0.15, 0.2) is 21.3 Å². The molecular formula is C11H13NO3S2. The number of thiophene rings is 1. The third-order valence-corrected chi connectivity index (χ3v) is 4.29. The van der Waals surface area contributed by atoms with Crippen LogP contribution >= 0.6 is 11.3 Å². The fourth-order valence-electron chi connectivity index (χ4n) is 1.70. The molecule has 2 aromatic heterocycles. The fraction of sp³-hybridized carbons (Fsp3) is 0.364. The van der Waals surface area contributed by atoms with Crippen LogP contribution in [0.2, 0.25) is 0 Å². The first-order valence-corrected chi connectivity index (χ1v) is 7.57. The highest BCUT2D eigenvalue weighted by molar-refractivity contribution is 7.90. The standard InChI is InChI=1S/C11H13NO3S2/c1-4-15-7-6-16-11-9(7)12(2)5-8(10(11)13)17(3)14/h5-6H,4H2,1-3H3. The molecule has 1 unspecified atom stereocenters. The summed E-state index contributed by atoms with van der Waals surface area (Å²) in [6.45, 7) is 2.46. The minimum atomic E-state index is -1.27. The molecule has 0 saturated carbocycles. The van der Waals surface area contributed by atoms with E-state index < -0.39 is 11.2 Å². The second-order valence-corrected chi connectivity index (χ2v) is 5.83. The van der Waals surface area contributed by atoms with Crippen LogP contribution in [-0.2, 0) is 18.2 Å². The highest BCUT2D eigenvalue weighted by Gasteiger charge is 2.18. The summed E-state index contributed by atoms with van der Waals surface area (Å²) in [7, 11) is 1.83. The van der Waals surface area contributed by atoms with Crippen LogP contribution in [0.25, 0.3) is 10.2 Å². The van der Waals surface area contributed by atoms with Crippen LogP contribution in [0.5, 0.6) is 5.75 Å². The monoisotopic (exact) mass is 271 g/mol. The van der Waals surface area contributed by atoms with E-state index in [4.69, 9.17) is 4.74 Å². The first-order valence-electron chi connectivity index (χ1n) is 5.13. The summed E-state index contributed by atoms with van der Waals surface area (Å²) in [4.78, 5) is 12.4. The molecule has 0 saturated heterocycles. The van der Waals surface area contributed by atoms with Crippen LogP contribution in [0.1, 0.15) is 6.92 Å². The minimum absolute atomic E-state index is 0.158. The van der Waals surface area contributed by atoms with Gasteiger partial charge in [0.05, 0.1) is 12.8 Å². The summed E-state index contributed by atoms with van der Waals surface area (Å²) in [5.74, 6) is 0.709. The Kier molecular flexibility index (Phi) is 3.46. The van der Waals surface area contributed by atoms with Crippen molar-refractivity contribution in [3.63, 3.8) is 0 Å². The van der Waals surface area contributed by atoms with E-state index in [-0.39, 0.29) is 5.43 Å². The van der Waals surface area contributed by atoms with Gasteiger partial charge in [0.2, 0.25) is 4.90 Å². The van der Waals surface area contributed by atoms with Crippen molar-refractivity contribution in [2.24, 2.45) is 7.05 Å². The maximum atomic E-state index is 12.1. The van der Waals surface area contributed by atoms with Crippen molar-refractivity contribution in [1.29, 1.82) is 0 Å². The summed E-state index contributed by atoms with van der Waals surface area (Å²) in [6.07, 6.45) is 3.13. The van der Waals surface area contributed by atoms with Crippen LogP contribution in [0.3, 0.4) is 0 Å².